The highest BCUT2D eigenvalue weighted by atomic mass is 35.5. The number of nitrogens with zero attached hydrogens (tertiary/aromatic N) is 2. The maximum absolute atomic E-state index is 13.2. The zero-order chi connectivity index (χ0) is 20.9. The van der Waals surface area contributed by atoms with Gasteiger partial charge in [-0.3, -0.25) is 4.90 Å². The van der Waals surface area contributed by atoms with Gasteiger partial charge in [0.2, 0.25) is 0 Å². The molecule has 1 saturated heterocycles. The summed E-state index contributed by atoms with van der Waals surface area (Å²) < 4.78 is 34.5. The minimum atomic E-state index is -3.56. The van der Waals surface area contributed by atoms with Crippen LogP contribution in [0.15, 0.2) is 52.7 Å². The van der Waals surface area contributed by atoms with Gasteiger partial charge >= 0.3 is 6.09 Å². The monoisotopic (exact) mass is 462 g/mol. The summed E-state index contributed by atoms with van der Waals surface area (Å²) in [6, 6.07) is 14.7. The van der Waals surface area contributed by atoms with Crippen molar-refractivity contribution in [2.75, 3.05) is 18.0 Å². The van der Waals surface area contributed by atoms with Crippen molar-refractivity contribution < 1.29 is 17.9 Å². The van der Waals surface area contributed by atoms with Crippen LogP contribution in [0.3, 0.4) is 0 Å². The Kier molecular flexibility index (Phi) is 4.97. The molecule has 3 heterocycles. The Morgan fingerprint density at radius 1 is 1.07 bits per heavy atom. The number of piperidine rings is 1. The van der Waals surface area contributed by atoms with Crippen LogP contribution in [0.2, 0.25) is 5.02 Å². The average Bonchev–Trinajstić information content (AvgIpc) is 3.19. The smallest absolute Gasteiger partial charge is 0.414 e. The molecule has 3 aromatic rings. The van der Waals surface area contributed by atoms with Crippen LogP contribution in [0, 0.1) is 0 Å². The molecule has 0 unspecified atom stereocenters. The van der Waals surface area contributed by atoms with E-state index in [1.165, 1.54) is 15.6 Å². The van der Waals surface area contributed by atoms with E-state index >= 15 is 0 Å². The Balaban J connectivity index is 1.36. The van der Waals surface area contributed by atoms with Crippen LogP contribution in [-0.4, -0.2) is 37.9 Å². The lowest BCUT2D eigenvalue weighted by Gasteiger charge is -2.39. The predicted molar refractivity (Wildman–Crippen MR) is 118 cm³/mol. The molecule has 0 N–H and O–H groups in total. The van der Waals surface area contributed by atoms with Crippen molar-refractivity contribution in [2.45, 2.75) is 29.7 Å². The Labute approximate surface area is 183 Å². The summed E-state index contributed by atoms with van der Waals surface area (Å²) in [4.78, 5) is 14.1. The van der Waals surface area contributed by atoms with Crippen LogP contribution in [-0.2, 0) is 21.4 Å². The summed E-state index contributed by atoms with van der Waals surface area (Å²) in [7, 11) is -3.56. The summed E-state index contributed by atoms with van der Waals surface area (Å²) in [5.41, 5.74) is 1.66. The van der Waals surface area contributed by atoms with Crippen LogP contribution in [0.1, 0.15) is 18.4 Å². The molecule has 1 fully saturated rings. The fourth-order valence-electron chi connectivity index (χ4n) is 4.11. The van der Waals surface area contributed by atoms with E-state index in [-0.39, 0.29) is 12.6 Å². The van der Waals surface area contributed by atoms with Gasteiger partial charge in [0.05, 0.1) is 5.69 Å². The summed E-state index contributed by atoms with van der Waals surface area (Å²) in [5, 5.41) is 1.53. The normalized spacial score (nSPS) is 18.4. The molecule has 156 valence electrons. The Morgan fingerprint density at radius 2 is 1.83 bits per heavy atom. The minimum Gasteiger partial charge on any atom is -0.444 e. The van der Waals surface area contributed by atoms with E-state index in [1.54, 1.807) is 23.1 Å². The lowest BCUT2D eigenvalue weighted by Crippen LogP contribution is -2.50. The second kappa shape index (κ2) is 7.53. The molecular formula is C21H19ClN2O4S2. The molecule has 0 radical (unpaired) electrons. The SMILES string of the molecule is O=C1OCc2cc(Cl)ccc2N1C1CCN(S(=O)(=O)c2cc3ccccc3s2)CC1. The molecule has 1 amide bonds. The number of amides is 1. The van der Waals surface area contributed by atoms with E-state index in [1.807, 2.05) is 30.3 Å². The van der Waals surface area contributed by atoms with Crippen LogP contribution < -0.4 is 4.90 Å². The molecule has 30 heavy (non-hydrogen) atoms. The molecule has 6 nitrogen and oxygen atoms in total. The van der Waals surface area contributed by atoms with Gasteiger partial charge < -0.3 is 4.74 Å². The number of ether oxygens (including phenoxy) is 1. The van der Waals surface area contributed by atoms with Crippen LogP contribution in [0.4, 0.5) is 10.5 Å². The van der Waals surface area contributed by atoms with Crippen molar-refractivity contribution in [3.8, 4) is 0 Å². The van der Waals surface area contributed by atoms with Gasteiger partial charge in [-0.15, -0.1) is 11.3 Å². The largest absolute Gasteiger partial charge is 0.444 e. The third-order valence-corrected chi connectivity index (χ3v) is 9.33. The predicted octanol–water partition coefficient (Wildman–Crippen LogP) is 4.86. The van der Waals surface area contributed by atoms with Gasteiger partial charge in [0.25, 0.3) is 10.0 Å². The number of hydrogen-bond acceptors (Lipinski definition) is 5. The molecule has 0 atom stereocenters. The number of rotatable bonds is 3. The number of benzene rings is 2. The number of cyclic esters (lactones) is 1. The second-order valence-electron chi connectivity index (χ2n) is 7.44. The number of anilines is 1. The topological polar surface area (TPSA) is 66.9 Å². The van der Waals surface area contributed by atoms with Gasteiger partial charge in [0, 0.05) is 34.4 Å². The van der Waals surface area contributed by atoms with Gasteiger partial charge in [-0.2, -0.15) is 4.31 Å². The molecule has 0 saturated carbocycles. The molecule has 2 aliphatic heterocycles. The third kappa shape index (κ3) is 3.37. The van der Waals surface area contributed by atoms with Gasteiger partial charge in [-0.05, 0) is 48.6 Å². The zero-order valence-corrected chi connectivity index (χ0v) is 18.3. The van der Waals surface area contributed by atoms with Crippen molar-refractivity contribution in [1.29, 1.82) is 0 Å². The molecule has 0 spiro atoms. The first kappa shape index (κ1) is 19.8. The first-order valence-corrected chi connectivity index (χ1v) is 12.3. The lowest BCUT2D eigenvalue weighted by molar-refractivity contribution is 0.136. The van der Waals surface area contributed by atoms with Gasteiger partial charge in [-0.25, -0.2) is 13.2 Å². The van der Waals surface area contributed by atoms with E-state index in [9.17, 15) is 13.2 Å². The van der Waals surface area contributed by atoms with E-state index < -0.39 is 16.1 Å². The third-order valence-electron chi connectivity index (χ3n) is 5.63. The first-order valence-electron chi connectivity index (χ1n) is 9.66. The number of thiophene rings is 1. The fraction of sp³-hybridized carbons (Fsp3) is 0.286. The van der Waals surface area contributed by atoms with E-state index in [0.717, 1.165) is 21.3 Å². The minimum absolute atomic E-state index is 0.119. The zero-order valence-electron chi connectivity index (χ0n) is 16.0. The standard InChI is InChI=1S/C21H19ClN2O4S2/c22-16-5-6-18-15(11-16)13-28-21(25)24(18)17-7-9-23(10-8-17)30(26,27)20-12-14-3-1-2-4-19(14)29-20/h1-6,11-12,17H,7-10,13H2. The summed E-state index contributed by atoms with van der Waals surface area (Å²) >= 11 is 7.36. The van der Waals surface area contributed by atoms with Crippen LogP contribution in [0.25, 0.3) is 10.1 Å². The average molecular weight is 463 g/mol. The fourth-order valence-corrected chi connectivity index (χ4v) is 7.33. The van der Waals surface area contributed by atoms with E-state index in [2.05, 4.69) is 0 Å². The summed E-state index contributed by atoms with van der Waals surface area (Å²) in [5.74, 6) is 0. The molecule has 5 rings (SSSR count). The number of fused-ring (bicyclic) bond motifs is 2. The highest BCUT2D eigenvalue weighted by Crippen LogP contribution is 2.36. The van der Waals surface area contributed by atoms with Gasteiger partial charge in [0.1, 0.15) is 10.8 Å². The van der Waals surface area contributed by atoms with Crippen LogP contribution >= 0.6 is 22.9 Å². The molecule has 0 bridgehead atoms. The molecule has 9 heteroatoms. The number of hydrogen-bond donors (Lipinski definition) is 0. The van der Waals surface area contributed by atoms with Crippen molar-refractivity contribution >= 4 is 54.8 Å². The van der Waals surface area contributed by atoms with Crippen molar-refractivity contribution in [3.05, 3.63) is 59.1 Å². The Hall–Kier alpha value is -2.13. The van der Waals surface area contributed by atoms with Crippen molar-refractivity contribution in [1.82, 2.24) is 4.31 Å². The van der Waals surface area contributed by atoms with Crippen molar-refractivity contribution in [2.24, 2.45) is 0 Å². The second-order valence-corrected chi connectivity index (χ2v) is 11.1. The molecule has 2 aromatic carbocycles. The summed E-state index contributed by atoms with van der Waals surface area (Å²) in [6.45, 7) is 0.909. The highest BCUT2D eigenvalue weighted by Gasteiger charge is 2.37. The summed E-state index contributed by atoms with van der Waals surface area (Å²) in [6.07, 6.45) is 0.693. The number of halogens is 1. The molecule has 0 aliphatic carbocycles. The number of sulfonamides is 1. The molecule has 1 aromatic heterocycles. The number of carbonyl (C=O) groups is 1. The Morgan fingerprint density at radius 3 is 2.60 bits per heavy atom. The van der Waals surface area contributed by atoms with E-state index in [0.29, 0.717) is 35.2 Å². The van der Waals surface area contributed by atoms with E-state index in [4.69, 9.17) is 16.3 Å². The molecular weight excluding hydrogens is 444 g/mol. The van der Waals surface area contributed by atoms with Gasteiger partial charge in [0.15, 0.2) is 0 Å². The molecule has 2 aliphatic rings. The van der Waals surface area contributed by atoms with Gasteiger partial charge in [-0.1, -0.05) is 29.8 Å². The Bertz CT molecular complexity index is 1200. The van der Waals surface area contributed by atoms with Crippen molar-refractivity contribution in [3.63, 3.8) is 0 Å². The first-order chi connectivity index (χ1) is 14.4. The maximum Gasteiger partial charge on any atom is 0.414 e. The quantitative estimate of drug-likeness (QED) is 0.557. The van der Waals surface area contributed by atoms with Crippen LogP contribution in [0.5, 0.6) is 0 Å². The lowest BCUT2D eigenvalue weighted by atomic mass is 10.0. The number of carbonyl (C=O) groups excluding carboxylic acids is 1. The maximum atomic E-state index is 13.2. The highest BCUT2D eigenvalue weighted by molar-refractivity contribution is 7.91.